The maximum absolute atomic E-state index is 6.05. The van der Waals surface area contributed by atoms with Crippen molar-refractivity contribution >= 4 is 41.5 Å². The Kier molecular flexibility index (Phi) is 6.52. The van der Waals surface area contributed by atoms with E-state index >= 15 is 0 Å². The van der Waals surface area contributed by atoms with Crippen LogP contribution in [0.3, 0.4) is 0 Å². The van der Waals surface area contributed by atoms with E-state index in [0.717, 1.165) is 16.3 Å². The zero-order chi connectivity index (χ0) is 13.0. The normalized spacial score (nSPS) is 9.84. The van der Waals surface area contributed by atoms with Crippen LogP contribution in [0.15, 0.2) is 53.4 Å². The number of rotatable bonds is 4. The molecule has 2 N–H and O–H groups in total. The van der Waals surface area contributed by atoms with Gasteiger partial charge in [0.15, 0.2) is 0 Å². The van der Waals surface area contributed by atoms with Crippen LogP contribution in [0.25, 0.3) is 0 Å². The first-order valence-electron chi connectivity index (χ1n) is 5.60. The molecule has 0 aromatic heterocycles. The fourth-order valence-corrected chi connectivity index (χ4v) is 2.19. The van der Waals surface area contributed by atoms with Crippen molar-refractivity contribution in [2.75, 3.05) is 11.3 Å². The highest BCUT2D eigenvalue weighted by atomic mass is 35.5. The summed E-state index contributed by atoms with van der Waals surface area (Å²) in [6, 6.07) is 15.9. The van der Waals surface area contributed by atoms with Crippen molar-refractivity contribution in [3.63, 3.8) is 0 Å². The van der Waals surface area contributed by atoms with Gasteiger partial charge in [-0.3, -0.25) is 0 Å². The first kappa shape index (κ1) is 16.2. The molecule has 5 heteroatoms. The third-order valence-electron chi connectivity index (χ3n) is 2.67. The van der Waals surface area contributed by atoms with Gasteiger partial charge in [0.1, 0.15) is 0 Å². The van der Waals surface area contributed by atoms with Crippen LogP contribution < -0.4 is 10.9 Å². The molecule has 0 bridgehead atoms. The number of halogens is 2. The van der Waals surface area contributed by atoms with Crippen LogP contribution in [0.2, 0.25) is 5.02 Å². The molecule has 0 amide bonds. The van der Waals surface area contributed by atoms with Crippen molar-refractivity contribution in [3.8, 4) is 0 Å². The molecule has 0 atom stereocenters. The first-order chi connectivity index (χ1) is 8.69. The minimum atomic E-state index is 0. The van der Waals surface area contributed by atoms with Gasteiger partial charge in [-0.2, -0.15) is 0 Å². The quantitative estimate of drug-likeness (QED) is 0.516. The summed E-state index contributed by atoms with van der Waals surface area (Å²) < 4.78 is 0. The van der Waals surface area contributed by atoms with Gasteiger partial charge in [0, 0.05) is 9.92 Å². The van der Waals surface area contributed by atoms with Crippen molar-refractivity contribution in [3.05, 3.63) is 59.1 Å². The smallest absolute Gasteiger partial charge is 0.0592 e. The van der Waals surface area contributed by atoms with Crippen LogP contribution >= 0.6 is 35.8 Å². The average molecular weight is 315 g/mol. The Bertz CT molecular complexity index is 500. The Morgan fingerprint density at radius 2 is 1.63 bits per heavy atom. The largest absolute Gasteiger partial charge is 0.307 e. The fourth-order valence-electron chi connectivity index (χ4n) is 1.65. The topological polar surface area (TPSA) is 29.3 Å². The van der Waals surface area contributed by atoms with E-state index in [-0.39, 0.29) is 12.4 Å². The summed E-state index contributed by atoms with van der Waals surface area (Å²) in [7, 11) is 0. The molecule has 102 valence electrons. The molecule has 2 aromatic carbocycles. The molecule has 0 aliphatic heterocycles. The molecule has 2 aromatic rings. The second-order valence-corrected chi connectivity index (χ2v) is 5.27. The molecule has 2 rings (SSSR count). The van der Waals surface area contributed by atoms with Crippen molar-refractivity contribution in [2.24, 2.45) is 5.84 Å². The summed E-state index contributed by atoms with van der Waals surface area (Å²) in [6.07, 6.45) is 2.06. The molecular weight excluding hydrogens is 299 g/mol. The van der Waals surface area contributed by atoms with E-state index in [1.807, 2.05) is 36.4 Å². The number of anilines is 1. The highest BCUT2D eigenvalue weighted by molar-refractivity contribution is 7.98. The van der Waals surface area contributed by atoms with E-state index in [4.69, 9.17) is 17.4 Å². The van der Waals surface area contributed by atoms with Crippen LogP contribution in [0.5, 0.6) is 0 Å². The van der Waals surface area contributed by atoms with Gasteiger partial charge >= 0.3 is 0 Å². The minimum Gasteiger partial charge on any atom is -0.307 e. The standard InChI is InChI=1S/C14H15ClN2S.ClH/c1-18-14-8-6-13(7-9-14)17(16)10-11-2-4-12(15)5-3-11;/h2-9H,10,16H2,1H3;1H. The summed E-state index contributed by atoms with van der Waals surface area (Å²) >= 11 is 7.57. The number of hydrogen-bond acceptors (Lipinski definition) is 3. The van der Waals surface area contributed by atoms with Gasteiger partial charge in [0.25, 0.3) is 0 Å². The Hall–Kier alpha value is -0.870. The SMILES string of the molecule is CSc1ccc(N(N)Cc2ccc(Cl)cc2)cc1.Cl. The number of benzene rings is 2. The van der Waals surface area contributed by atoms with Gasteiger partial charge in [-0.15, -0.1) is 24.2 Å². The number of nitrogens with zero attached hydrogens (tertiary/aromatic N) is 1. The summed E-state index contributed by atoms with van der Waals surface area (Å²) in [4.78, 5) is 1.23. The lowest BCUT2D eigenvalue weighted by molar-refractivity contribution is 0.852. The second-order valence-electron chi connectivity index (χ2n) is 3.95. The highest BCUT2D eigenvalue weighted by Gasteiger charge is 2.03. The van der Waals surface area contributed by atoms with Crippen LogP contribution in [0.1, 0.15) is 5.56 Å². The van der Waals surface area contributed by atoms with E-state index in [1.54, 1.807) is 16.8 Å². The van der Waals surface area contributed by atoms with Crippen molar-refractivity contribution in [1.29, 1.82) is 0 Å². The Morgan fingerprint density at radius 1 is 1.05 bits per heavy atom. The molecule has 19 heavy (non-hydrogen) atoms. The predicted octanol–water partition coefficient (Wildman–Crippen LogP) is 4.36. The van der Waals surface area contributed by atoms with Crippen molar-refractivity contribution in [1.82, 2.24) is 0 Å². The number of hydrazine groups is 1. The first-order valence-corrected chi connectivity index (χ1v) is 7.20. The van der Waals surface area contributed by atoms with E-state index < -0.39 is 0 Å². The van der Waals surface area contributed by atoms with Crippen LogP contribution in [-0.4, -0.2) is 6.26 Å². The Morgan fingerprint density at radius 3 is 2.16 bits per heavy atom. The number of hydrogen-bond donors (Lipinski definition) is 1. The van der Waals surface area contributed by atoms with Crippen molar-refractivity contribution < 1.29 is 0 Å². The number of nitrogens with two attached hydrogens (primary N) is 1. The van der Waals surface area contributed by atoms with Gasteiger partial charge in [0.2, 0.25) is 0 Å². The molecule has 0 aliphatic carbocycles. The molecule has 0 radical (unpaired) electrons. The van der Waals surface area contributed by atoms with E-state index in [9.17, 15) is 0 Å². The highest BCUT2D eigenvalue weighted by Crippen LogP contribution is 2.20. The van der Waals surface area contributed by atoms with Gasteiger partial charge in [-0.05, 0) is 48.2 Å². The molecule has 2 nitrogen and oxygen atoms in total. The molecule has 0 unspecified atom stereocenters. The third-order valence-corrected chi connectivity index (χ3v) is 3.67. The van der Waals surface area contributed by atoms with E-state index in [1.165, 1.54) is 4.90 Å². The monoisotopic (exact) mass is 314 g/mol. The lowest BCUT2D eigenvalue weighted by Gasteiger charge is -2.19. The van der Waals surface area contributed by atoms with Crippen LogP contribution in [-0.2, 0) is 6.54 Å². The summed E-state index contributed by atoms with van der Waals surface area (Å²) in [5.74, 6) is 6.05. The zero-order valence-corrected chi connectivity index (χ0v) is 12.9. The van der Waals surface area contributed by atoms with Crippen molar-refractivity contribution in [2.45, 2.75) is 11.4 Å². The summed E-state index contributed by atoms with van der Waals surface area (Å²) in [5.41, 5.74) is 2.14. The molecule has 0 fully saturated rings. The maximum atomic E-state index is 6.05. The summed E-state index contributed by atoms with van der Waals surface area (Å²) in [5, 5.41) is 2.47. The molecule has 0 saturated heterocycles. The van der Waals surface area contributed by atoms with Gasteiger partial charge in [-0.25, -0.2) is 5.84 Å². The van der Waals surface area contributed by atoms with Crippen LogP contribution in [0, 0.1) is 0 Å². The van der Waals surface area contributed by atoms with Crippen LogP contribution in [0.4, 0.5) is 5.69 Å². The Labute approximate surface area is 129 Å². The molecule has 0 saturated carbocycles. The van der Waals surface area contributed by atoms with Gasteiger partial charge in [-0.1, -0.05) is 23.7 Å². The van der Waals surface area contributed by atoms with E-state index in [0.29, 0.717) is 6.54 Å². The molecule has 0 heterocycles. The minimum absolute atomic E-state index is 0. The second kappa shape index (κ2) is 7.65. The van der Waals surface area contributed by atoms with Gasteiger partial charge in [0.05, 0.1) is 12.2 Å². The predicted molar refractivity (Wildman–Crippen MR) is 87.3 cm³/mol. The lowest BCUT2D eigenvalue weighted by Crippen LogP contribution is -2.29. The molecule has 0 aliphatic rings. The zero-order valence-electron chi connectivity index (χ0n) is 10.5. The van der Waals surface area contributed by atoms with Gasteiger partial charge < -0.3 is 5.01 Å². The average Bonchev–Trinajstić information content (AvgIpc) is 2.41. The fraction of sp³-hybridized carbons (Fsp3) is 0.143. The lowest BCUT2D eigenvalue weighted by atomic mass is 10.2. The molecular formula is C14H16Cl2N2S. The van der Waals surface area contributed by atoms with E-state index in [2.05, 4.69) is 18.4 Å². The number of thioether (sulfide) groups is 1. The molecule has 0 spiro atoms. The Balaban J connectivity index is 0.00000180. The third kappa shape index (κ3) is 4.62. The summed E-state index contributed by atoms with van der Waals surface area (Å²) in [6.45, 7) is 0.662. The maximum Gasteiger partial charge on any atom is 0.0592 e.